The highest BCUT2D eigenvalue weighted by Gasteiger charge is 2.39. The second-order valence-electron chi connectivity index (χ2n) is 6.03. The van der Waals surface area contributed by atoms with Crippen LogP contribution in [0.15, 0.2) is 24.3 Å². The van der Waals surface area contributed by atoms with Crippen LogP contribution < -0.4 is 0 Å². The Labute approximate surface area is 124 Å². The van der Waals surface area contributed by atoms with Gasteiger partial charge in [-0.2, -0.15) is 0 Å². The first-order chi connectivity index (χ1) is 10.2. The predicted octanol–water partition coefficient (Wildman–Crippen LogP) is 2.73. The third-order valence-corrected chi connectivity index (χ3v) is 4.74. The van der Waals surface area contributed by atoms with Crippen LogP contribution >= 0.6 is 0 Å². The van der Waals surface area contributed by atoms with E-state index in [1.165, 1.54) is 6.07 Å². The van der Waals surface area contributed by atoms with E-state index in [9.17, 15) is 14.0 Å². The predicted molar refractivity (Wildman–Crippen MR) is 77.2 cm³/mol. The summed E-state index contributed by atoms with van der Waals surface area (Å²) >= 11 is 0. The molecule has 0 bridgehead atoms. The number of carbonyl (C=O) groups is 2. The van der Waals surface area contributed by atoms with Gasteiger partial charge in [0.1, 0.15) is 11.6 Å². The van der Waals surface area contributed by atoms with Gasteiger partial charge < -0.3 is 4.90 Å². The average Bonchev–Trinajstić information content (AvgIpc) is 3.09. The summed E-state index contributed by atoms with van der Waals surface area (Å²) in [4.78, 5) is 26.3. The molecule has 1 heterocycles. The van der Waals surface area contributed by atoms with Crippen LogP contribution in [0.2, 0.25) is 0 Å². The number of Topliss-reactive ketones (excluding diaryl/α,β-unsaturated/α-hetero) is 1. The summed E-state index contributed by atoms with van der Waals surface area (Å²) in [6.45, 7) is 0.696. The number of hydrogen-bond acceptors (Lipinski definition) is 2. The quantitative estimate of drug-likeness (QED) is 0.858. The van der Waals surface area contributed by atoms with Gasteiger partial charge in [0.15, 0.2) is 0 Å². The summed E-state index contributed by atoms with van der Waals surface area (Å²) in [5.41, 5.74) is 0.436. The highest BCUT2D eigenvalue weighted by atomic mass is 19.1. The normalized spacial score (nSPS) is 25.6. The van der Waals surface area contributed by atoms with Gasteiger partial charge in [-0.3, -0.25) is 9.59 Å². The second-order valence-corrected chi connectivity index (χ2v) is 6.03. The molecule has 1 aromatic rings. The molecule has 1 saturated heterocycles. The molecule has 2 unspecified atom stereocenters. The fraction of sp³-hybridized carbons (Fsp3) is 0.529. The highest BCUT2D eigenvalue weighted by molar-refractivity contribution is 5.85. The van der Waals surface area contributed by atoms with Gasteiger partial charge in [0.25, 0.3) is 0 Å². The number of rotatable bonds is 3. The molecule has 1 aliphatic carbocycles. The van der Waals surface area contributed by atoms with Crippen molar-refractivity contribution in [1.29, 1.82) is 0 Å². The summed E-state index contributed by atoms with van der Waals surface area (Å²) in [6.07, 6.45) is 4.42. The Morgan fingerprint density at radius 1 is 1.24 bits per heavy atom. The van der Waals surface area contributed by atoms with E-state index in [0.717, 1.165) is 25.7 Å². The largest absolute Gasteiger partial charge is 0.339 e. The van der Waals surface area contributed by atoms with Crippen LogP contribution in [-0.4, -0.2) is 29.2 Å². The van der Waals surface area contributed by atoms with Crippen LogP contribution in [0.25, 0.3) is 0 Å². The van der Waals surface area contributed by atoms with Crippen LogP contribution in [-0.2, 0) is 16.0 Å². The lowest BCUT2D eigenvalue weighted by atomic mass is 9.94. The van der Waals surface area contributed by atoms with Crippen molar-refractivity contribution < 1.29 is 14.0 Å². The summed E-state index contributed by atoms with van der Waals surface area (Å²) in [6, 6.07) is 6.44. The third kappa shape index (κ3) is 2.85. The number of ketones is 1. The maximum Gasteiger partial charge on any atom is 0.227 e. The Bertz CT molecular complexity index is 557. The zero-order valence-electron chi connectivity index (χ0n) is 12.1. The molecule has 0 aromatic heterocycles. The van der Waals surface area contributed by atoms with E-state index in [-0.39, 0.29) is 30.1 Å². The lowest BCUT2D eigenvalue weighted by molar-refractivity contribution is -0.133. The zero-order valence-corrected chi connectivity index (χ0v) is 12.1. The molecule has 2 aliphatic rings. The monoisotopic (exact) mass is 289 g/mol. The molecule has 2 fully saturated rings. The number of halogens is 1. The number of amides is 1. The summed E-state index contributed by atoms with van der Waals surface area (Å²) in [5.74, 6) is -0.0801. The SMILES string of the molecule is O=C1CCCC1C1CCCN1C(=O)Cc1ccccc1F. The average molecular weight is 289 g/mol. The van der Waals surface area contributed by atoms with Crippen molar-refractivity contribution in [3.05, 3.63) is 35.6 Å². The van der Waals surface area contributed by atoms with E-state index < -0.39 is 0 Å². The molecule has 0 N–H and O–H groups in total. The first-order valence-corrected chi connectivity index (χ1v) is 7.72. The van der Waals surface area contributed by atoms with Crippen molar-refractivity contribution in [2.75, 3.05) is 6.54 Å². The standard InChI is InChI=1S/C17H20FNO2/c18-14-7-2-1-5-12(14)11-17(21)19-10-4-8-15(19)13-6-3-9-16(13)20/h1-2,5,7,13,15H,3-4,6,8-11H2. The van der Waals surface area contributed by atoms with E-state index in [2.05, 4.69) is 0 Å². The van der Waals surface area contributed by atoms with Gasteiger partial charge in [-0.1, -0.05) is 18.2 Å². The maximum atomic E-state index is 13.7. The molecule has 1 saturated carbocycles. The second kappa shape index (κ2) is 5.96. The highest BCUT2D eigenvalue weighted by Crippen LogP contribution is 2.33. The third-order valence-electron chi connectivity index (χ3n) is 4.74. The van der Waals surface area contributed by atoms with Gasteiger partial charge in [0.05, 0.1) is 6.42 Å². The number of hydrogen-bond donors (Lipinski definition) is 0. The van der Waals surface area contributed by atoms with Crippen LogP contribution in [0.1, 0.15) is 37.7 Å². The summed E-state index contributed by atoms with van der Waals surface area (Å²) in [7, 11) is 0. The van der Waals surface area contributed by atoms with Crippen molar-refractivity contribution in [3.8, 4) is 0 Å². The number of nitrogens with zero attached hydrogens (tertiary/aromatic N) is 1. The molecule has 4 heteroatoms. The Balaban J connectivity index is 1.71. The van der Waals surface area contributed by atoms with Gasteiger partial charge >= 0.3 is 0 Å². The molecular weight excluding hydrogens is 269 g/mol. The molecule has 2 atom stereocenters. The number of carbonyl (C=O) groups excluding carboxylic acids is 2. The molecule has 3 rings (SSSR count). The van der Waals surface area contributed by atoms with Gasteiger partial charge in [0, 0.05) is 24.9 Å². The van der Waals surface area contributed by atoms with Crippen molar-refractivity contribution in [3.63, 3.8) is 0 Å². The van der Waals surface area contributed by atoms with Gasteiger partial charge in [0.2, 0.25) is 5.91 Å². The first-order valence-electron chi connectivity index (χ1n) is 7.72. The van der Waals surface area contributed by atoms with E-state index in [0.29, 0.717) is 24.3 Å². The Morgan fingerprint density at radius 3 is 2.76 bits per heavy atom. The topological polar surface area (TPSA) is 37.4 Å². The smallest absolute Gasteiger partial charge is 0.227 e. The number of benzene rings is 1. The van der Waals surface area contributed by atoms with Gasteiger partial charge in [-0.05, 0) is 37.3 Å². The first kappa shape index (κ1) is 14.2. The Hall–Kier alpha value is -1.71. The molecule has 1 amide bonds. The van der Waals surface area contributed by atoms with Crippen LogP contribution in [0.3, 0.4) is 0 Å². The molecular formula is C17H20FNO2. The molecule has 1 aliphatic heterocycles. The minimum atomic E-state index is -0.335. The van der Waals surface area contributed by atoms with Gasteiger partial charge in [-0.25, -0.2) is 4.39 Å². The molecule has 3 nitrogen and oxygen atoms in total. The molecule has 1 aromatic carbocycles. The van der Waals surface area contributed by atoms with Crippen molar-refractivity contribution in [2.24, 2.45) is 5.92 Å². The minimum Gasteiger partial charge on any atom is -0.339 e. The summed E-state index contributed by atoms with van der Waals surface area (Å²) < 4.78 is 13.7. The lowest BCUT2D eigenvalue weighted by Crippen LogP contribution is -2.42. The molecule has 0 radical (unpaired) electrons. The van der Waals surface area contributed by atoms with E-state index >= 15 is 0 Å². The minimum absolute atomic E-state index is 0.0112. The summed E-state index contributed by atoms with van der Waals surface area (Å²) in [5, 5.41) is 0. The van der Waals surface area contributed by atoms with Gasteiger partial charge in [-0.15, -0.1) is 0 Å². The Kier molecular flexibility index (Phi) is 4.04. The van der Waals surface area contributed by atoms with Crippen molar-refractivity contribution in [1.82, 2.24) is 4.90 Å². The fourth-order valence-corrected chi connectivity index (χ4v) is 3.68. The van der Waals surface area contributed by atoms with E-state index in [1.54, 1.807) is 18.2 Å². The molecule has 112 valence electrons. The maximum absolute atomic E-state index is 13.7. The van der Waals surface area contributed by atoms with Crippen molar-refractivity contribution in [2.45, 2.75) is 44.6 Å². The van der Waals surface area contributed by atoms with Crippen molar-refractivity contribution >= 4 is 11.7 Å². The van der Waals surface area contributed by atoms with E-state index in [1.807, 2.05) is 4.90 Å². The zero-order chi connectivity index (χ0) is 14.8. The fourth-order valence-electron chi connectivity index (χ4n) is 3.68. The molecule has 21 heavy (non-hydrogen) atoms. The van der Waals surface area contributed by atoms with Crippen LogP contribution in [0.5, 0.6) is 0 Å². The Morgan fingerprint density at radius 2 is 2.05 bits per heavy atom. The van der Waals surface area contributed by atoms with Crippen LogP contribution in [0.4, 0.5) is 4.39 Å². The van der Waals surface area contributed by atoms with E-state index in [4.69, 9.17) is 0 Å². The lowest BCUT2D eigenvalue weighted by Gasteiger charge is -2.28. The number of likely N-dealkylation sites (tertiary alicyclic amines) is 1. The molecule has 0 spiro atoms. The van der Waals surface area contributed by atoms with Crippen LogP contribution in [0, 0.1) is 11.7 Å².